The van der Waals surface area contributed by atoms with Crippen molar-refractivity contribution in [2.45, 2.75) is 6.54 Å². The monoisotopic (exact) mass is 344 g/mol. The number of aromatic nitrogens is 2. The summed E-state index contributed by atoms with van der Waals surface area (Å²) >= 11 is 0. The maximum absolute atomic E-state index is 12.2. The normalized spacial score (nSPS) is 11.4. The Kier molecular flexibility index (Phi) is 4.22. The van der Waals surface area contributed by atoms with Gasteiger partial charge in [0.25, 0.3) is 5.91 Å². The number of imidazole rings is 1. The van der Waals surface area contributed by atoms with E-state index in [1.54, 1.807) is 18.2 Å². The van der Waals surface area contributed by atoms with Crippen molar-refractivity contribution in [1.29, 1.82) is 0 Å². The van der Waals surface area contributed by atoms with E-state index in [9.17, 15) is 13.2 Å². The lowest BCUT2D eigenvalue weighted by atomic mass is 10.2. The molecule has 0 saturated carbocycles. The van der Waals surface area contributed by atoms with Crippen molar-refractivity contribution in [3.8, 4) is 0 Å². The molecule has 1 aromatic carbocycles. The van der Waals surface area contributed by atoms with E-state index in [4.69, 9.17) is 0 Å². The van der Waals surface area contributed by atoms with E-state index in [2.05, 4.69) is 15.0 Å². The number of anilines is 1. The Bertz CT molecular complexity index is 962. The highest BCUT2D eigenvalue weighted by Gasteiger charge is 2.09. The summed E-state index contributed by atoms with van der Waals surface area (Å²) in [5, 5.41) is 2.77. The average Bonchev–Trinajstić information content (AvgIpc) is 2.94. The molecule has 0 saturated heterocycles. The van der Waals surface area contributed by atoms with Gasteiger partial charge in [-0.05, 0) is 30.3 Å². The van der Waals surface area contributed by atoms with E-state index in [-0.39, 0.29) is 12.5 Å². The molecule has 0 unspecified atom stereocenters. The number of amides is 1. The van der Waals surface area contributed by atoms with E-state index in [0.29, 0.717) is 11.3 Å². The second-order valence-corrected chi connectivity index (χ2v) is 7.08. The molecule has 8 heteroatoms. The molecule has 0 bridgehead atoms. The quantitative estimate of drug-likeness (QED) is 0.736. The molecule has 3 aromatic rings. The standard InChI is InChI=1S/C16H16N4O3S/c1-24(22,23)19-13-6-4-5-12(9-13)16(21)17-10-14-11-20-8-3-2-7-15(20)18-14/h2-9,11,19H,10H2,1H3,(H,17,21). The zero-order valence-electron chi connectivity index (χ0n) is 12.9. The van der Waals surface area contributed by atoms with Crippen LogP contribution in [-0.4, -0.2) is 30.0 Å². The SMILES string of the molecule is CS(=O)(=O)Nc1cccc(C(=O)NCc2cn3ccccc3n2)c1. The number of pyridine rings is 1. The Labute approximate surface area is 139 Å². The van der Waals surface area contributed by atoms with Gasteiger partial charge in [0.1, 0.15) is 5.65 Å². The maximum Gasteiger partial charge on any atom is 0.251 e. The number of sulfonamides is 1. The number of carbonyl (C=O) groups excluding carboxylic acids is 1. The molecule has 0 spiro atoms. The molecule has 2 aromatic heterocycles. The van der Waals surface area contributed by atoms with Crippen LogP contribution < -0.4 is 10.0 Å². The minimum atomic E-state index is -3.38. The summed E-state index contributed by atoms with van der Waals surface area (Å²) < 4.78 is 26.7. The zero-order chi connectivity index (χ0) is 17.2. The third-order valence-corrected chi connectivity index (χ3v) is 3.88. The van der Waals surface area contributed by atoms with Crippen molar-refractivity contribution < 1.29 is 13.2 Å². The number of hydrogen-bond donors (Lipinski definition) is 2. The summed E-state index contributed by atoms with van der Waals surface area (Å²) in [6, 6.07) is 12.0. The molecule has 0 aliphatic heterocycles. The third-order valence-electron chi connectivity index (χ3n) is 3.27. The van der Waals surface area contributed by atoms with Gasteiger partial charge in [0.15, 0.2) is 0 Å². The number of fused-ring (bicyclic) bond motifs is 1. The summed E-state index contributed by atoms with van der Waals surface area (Å²) in [5.74, 6) is -0.302. The van der Waals surface area contributed by atoms with Crippen molar-refractivity contribution in [1.82, 2.24) is 14.7 Å². The molecular weight excluding hydrogens is 328 g/mol. The van der Waals surface area contributed by atoms with Crippen LogP contribution in [0.4, 0.5) is 5.69 Å². The lowest BCUT2D eigenvalue weighted by Crippen LogP contribution is -2.23. The Hall–Kier alpha value is -2.87. The van der Waals surface area contributed by atoms with Gasteiger partial charge in [-0.3, -0.25) is 9.52 Å². The Morgan fingerprint density at radius 3 is 2.79 bits per heavy atom. The second-order valence-electron chi connectivity index (χ2n) is 5.34. The summed E-state index contributed by atoms with van der Waals surface area (Å²) in [6.07, 6.45) is 4.79. The third kappa shape index (κ3) is 3.90. The predicted molar refractivity (Wildman–Crippen MR) is 91.3 cm³/mol. The van der Waals surface area contributed by atoms with E-state index >= 15 is 0 Å². The topological polar surface area (TPSA) is 92.6 Å². The van der Waals surface area contributed by atoms with Crippen molar-refractivity contribution in [3.05, 3.63) is 66.1 Å². The lowest BCUT2D eigenvalue weighted by molar-refractivity contribution is 0.0950. The minimum absolute atomic E-state index is 0.282. The number of carbonyl (C=O) groups is 1. The van der Waals surface area contributed by atoms with Gasteiger partial charge >= 0.3 is 0 Å². The fourth-order valence-electron chi connectivity index (χ4n) is 2.28. The van der Waals surface area contributed by atoms with Gasteiger partial charge < -0.3 is 9.72 Å². The van der Waals surface area contributed by atoms with Gasteiger partial charge in [-0.1, -0.05) is 12.1 Å². The Morgan fingerprint density at radius 1 is 1.21 bits per heavy atom. The Balaban J connectivity index is 1.69. The van der Waals surface area contributed by atoms with Crippen LogP contribution in [0.25, 0.3) is 5.65 Å². The van der Waals surface area contributed by atoms with Crippen LogP contribution >= 0.6 is 0 Å². The first-order chi connectivity index (χ1) is 11.4. The molecular formula is C16H16N4O3S. The van der Waals surface area contributed by atoms with Crippen molar-refractivity contribution >= 4 is 27.3 Å². The van der Waals surface area contributed by atoms with Crippen LogP contribution in [0, 0.1) is 0 Å². The van der Waals surface area contributed by atoms with E-state index in [1.165, 1.54) is 6.07 Å². The molecule has 2 heterocycles. The fourth-order valence-corrected chi connectivity index (χ4v) is 2.84. The van der Waals surface area contributed by atoms with Gasteiger partial charge in [-0.15, -0.1) is 0 Å². The molecule has 3 rings (SSSR count). The molecule has 0 aliphatic carbocycles. The van der Waals surface area contributed by atoms with Gasteiger partial charge in [-0.25, -0.2) is 13.4 Å². The number of hydrogen-bond acceptors (Lipinski definition) is 4. The molecule has 2 N–H and O–H groups in total. The van der Waals surface area contributed by atoms with Crippen LogP contribution in [0.3, 0.4) is 0 Å². The molecule has 124 valence electrons. The van der Waals surface area contributed by atoms with Crippen molar-refractivity contribution in [2.75, 3.05) is 11.0 Å². The van der Waals surface area contributed by atoms with Gasteiger partial charge in [0, 0.05) is 23.6 Å². The summed E-state index contributed by atoms with van der Waals surface area (Å²) in [7, 11) is -3.38. The van der Waals surface area contributed by atoms with E-state index in [0.717, 1.165) is 17.6 Å². The predicted octanol–water partition coefficient (Wildman–Crippen LogP) is 1.64. The largest absolute Gasteiger partial charge is 0.346 e. The maximum atomic E-state index is 12.2. The molecule has 0 aliphatic rings. The first kappa shape index (κ1) is 16.0. The molecule has 0 atom stereocenters. The minimum Gasteiger partial charge on any atom is -0.346 e. The molecule has 24 heavy (non-hydrogen) atoms. The van der Waals surface area contributed by atoms with Crippen LogP contribution in [0.2, 0.25) is 0 Å². The van der Waals surface area contributed by atoms with E-state index in [1.807, 2.05) is 35.0 Å². The summed E-state index contributed by atoms with van der Waals surface area (Å²) in [6.45, 7) is 0.282. The highest BCUT2D eigenvalue weighted by Crippen LogP contribution is 2.12. The van der Waals surface area contributed by atoms with Crippen LogP contribution in [0.1, 0.15) is 16.1 Å². The summed E-state index contributed by atoms with van der Waals surface area (Å²) in [4.78, 5) is 16.6. The van der Waals surface area contributed by atoms with Gasteiger partial charge in [-0.2, -0.15) is 0 Å². The van der Waals surface area contributed by atoms with Gasteiger partial charge in [0.05, 0.1) is 18.5 Å². The average molecular weight is 344 g/mol. The smallest absolute Gasteiger partial charge is 0.251 e. The van der Waals surface area contributed by atoms with Gasteiger partial charge in [0.2, 0.25) is 10.0 Å². The number of nitrogens with zero attached hydrogens (tertiary/aromatic N) is 2. The Morgan fingerprint density at radius 2 is 2.04 bits per heavy atom. The highest BCUT2D eigenvalue weighted by atomic mass is 32.2. The second kappa shape index (κ2) is 6.32. The fraction of sp³-hybridized carbons (Fsp3) is 0.125. The zero-order valence-corrected chi connectivity index (χ0v) is 13.7. The number of rotatable bonds is 5. The highest BCUT2D eigenvalue weighted by molar-refractivity contribution is 7.92. The first-order valence-corrected chi connectivity index (χ1v) is 9.08. The molecule has 0 fully saturated rings. The molecule has 1 amide bonds. The van der Waals surface area contributed by atoms with Crippen LogP contribution in [0.5, 0.6) is 0 Å². The van der Waals surface area contributed by atoms with Crippen LogP contribution in [-0.2, 0) is 16.6 Å². The van der Waals surface area contributed by atoms with Crippen molar-refractivity contribution in [2.24, 2.45) is 0 Å². The summed E-state index contributed by atoms with van der Waals surface area (Å²) in [5.41, 5.74) is 2.26. The molecule has 0 radical (unpaired) electrons. The first-order valence-electron chi connectivity index (χ1n) is 7.19. The lowest BCUT2D eigenvalue weighted by Gasteiger charge is -2.07. The number of nitrogens with one attached hydrogen (secondary N) is 2. The molecule has 7 nitrogen and oxygen atoms in total. The number of benzene rings is 1. The van der Waals surface area contributed by atoms with E-state index < -0.39 is 10.0 Å². The van der Waals surface area contributed by atoms with Crippen LogP contribution in [0.15, 0.2) is 54.9 Å². The van der Waals surface area contributed by atoms with Crippen molar-refractivity contribution in [3.63, 3.8) is 0 Å².